The van der Waals surface area contributed by atoms with Crippen molar-refractivity contribution in [1.29, 1.82) is 0 Å². The zero-order valence-electron chi connectivity index (χ0n) is 12.6. The third-order valence-corrected chi connectivity index (χ3v) is 3.35. The summed E-state index contributed by atoms with van der Waals surface area (Å²) < 4.78 is 5.54. The third kappa shape index (κ3) is 4.23. The van der Waals surface area contributed by atoms with E-state index in [2.05, 4.69) is 29.3 Å². The lowest BCUT2D eigenvalue weighted by molar-refractivity contribution is -0.116. The molecule has 0 saturated carbocycles. The van der Waals surface area contributed by atoms with Gasteiger partial charge in [-0.25, -0.2) is 0 Å². The summed E-state index contributed by atoms with van der Waals surface area (Å²) in [6.45, 7) is 8.79. The third-order valence-electron chi connectivity index (χ3n) is 3.35. The van der Waals surface area contributed by atoms with E-state index in [4.69, 9.17) is 4.74 Å². The molecule has 1 fully saturated rings. The maximum absolute atomic E-state index is 11.7. The van der Waals surface area contributed by atoms with E-state index in [0.717, 1.165) is 25.4 Å². The second-order valence-corrected chi connectivity index (χ2v) is 5.82. The predicted octanol–water partition coefficient (Wildman–Crippen LogP) is 2.90. The molecular weight excluding hydrogens is 252 g/mol. The molecule has 0 radical (unpaired) electrons. The van der Waals surface area contributed by atoms with Crippen LogP contribution in [0.2, 0.25) is 0 Å². The maximum atomic E-state index is 11.7. The first-order valence-electron chi connectivity index (χ1n) is 7.31. The van der Waals surface area contributed by atoms with E-state index in [9.17, 15) is 4.79 Å². The molecule has 0 aromatic heterocycles. The van der Waals surface area contributed by atoms with Crippen molar-refractivity contribution in [3.05, 3.63) is 24.3 Å². The first kappa shape index (κ1) is 14.9. The number of amides is 1. The predicted molar refractivity (Wildman–Crippen MR) is 82.2 cm³/mol. The van der Waals surface area contributed by atoms with Crippen LogP contribution in [0.15, 0.2) is 24.3 Å². The zero-order valence-corrected chi connectivity index (χ0v) is 12.6. The Morgan fingerprint density at radius 3 is 2.70 bits per heavy atom. The monoisotopic (exact) mass is 276 g/mol. The van der Waals surface area contributed by atoms with Crippen molar-refractivity contribution >= 4 is 17.3 Å². The Hall–Kier alpha value is -1.55. The molecule has 0 spiro atoms. The van der Waals surface area contributed by atoms with Crippen LogP contribution in [0.25, 0.3) is 0 Å². The summed E-state index contributed by atoms with van der Waals surface area (Å²) in [5.41, 5.74) is 2.04. The summed E-state index contributed by atoms with van der Waals surface area (Å²) >= 11 is 0. The topological polar surface area (TPSA) is 41.6 Å². The standard InChI is InChI=1S/C16H24N2O2/c1-12(2)10-16(19)17-14-4-6-15(7-5-14)18-8-9-20-13(3)11-18/h4-7,12-13H,8-11H2,1-3H3,(H,17,19). The number of ether oxygens (including phenoxy) is 1. The van der Waals surface area contributed by atoms with Gasteiger partial charge in [0.15, 0.2) is 0 Å². The number of benzene rings is 1. The Labute approximate surface area is 121 Å². The minimum absolute atomic E-state index is 0.0766. The average Bonchev–Trinajstić information content (AvgIpc) is 2.38. The highest BCUT2D eigenvalue weighted by Gasteiger charge is 2.16. The molecule has 0 aliphatic carbocycles. The highest BCUT2D eigenvalue weighted by molar-refractivity contribution is 5.90. The summed E-state index contributed by atoms with van der Waals surface area (Å²) in [6, 6.07) is 8.05. The van der Waals surface area contributed by atoms with Gasteiger partial charge in [0.05, 0.1) is 12.7 Å². The highest BCUT2D eigenvalue weighted by atomic mass is 16.5. The second kappa shape index (κ2) is 6.75. The fourth-order valence-electron chi connectivity index (χ4n) is 2.39. The van der Waals surface area contributed by atoms with Crippen LogP contribution in [0.5, 0.6) is 0 Å². The van der Waals surface area contributed by atoms with E-state index in [1.54, 1.807) is 0 Å². The molecule has 1 amide bonds. The van der Waals surface area contributed by atoms with Crippen LogP contribution >= 0.6 is 0 Å². The molecule has 1 aliphatic rings. The minimum Gasteiger partial charge on any atom is -0.375 e. The van der Waals surface area contributed by atoms with Gasteiger partial charge in [0, 0.05) is 30.9 Å². The second-order valence-electron chi connectivity index (χ2n) is 5.82. The number of rotatable bonds is 4. The molecule has 0 bridgehead atoms. The molecule has 1 N–H and O–H groups in total. The Morgan fingerprint density at radius 1 is 1.40 bits per heavy atom. The van der Waals surface area contributed by atoms with Crippen molar-refractivity contribution < 1.29 is 9.53 Å². The molecule has 2 rings (SSSR count). The van der Waals surface area contributed by atoms with Gasteiger partial charge in [-0.3, -0.25) is 4.79 Å². The van der Waals surface area contributed by atoms with E-state index in [-0.39, 0.29) is 12.0 Å². The fraction of sp³-hybridized carbons (Fsp3) is 0.562. The van der Waals surface area contributed by atoms with Gasteiger partial charge in [-0.2, -0.15) is 0 Å². The number of carbonyl (C=O) groups excluding carboxylic acids is 1. The fourth-order valence-corrected chi connectivity index (χ4v) is 2.39. The lowest BCUT2D eigenvalue weighted by atomic mass is 10.1. The van der Waals surface area contributed by atoms with Crippen LogP contribution in [0.4, 0.5) is 11.4 Å². The molecule has 4 heteroatoms. The van der Waals surface area contributed by atoms with Gasteiger partial charge < -0.3 is 15.0 Å². The molecule has 1 atom stereocenters. The maximum Gasteiger partial charge on any atom is 0.224 e. The number of nitrogens with one attached hydrogen (secondary N) is 1. The van der Waals surface area contributed by atoms with Crippen molar-refractivity contribution in [2.24, 2.45) is 5.92 Å². The first-order valence-corrected chi connectivity index (χ1v) is 7.31. The molecule has 1 aromatic rings. The number of hydrogen-bond donors (Lipinski definition) is 1. The summed E-state index contributed by atoms with van der Waals surface area (Å²) in [5.74, 6) is 0.455. The molecule has 1 saturated heterocycles. The Kier molecular flexibility index (Phi) is 5.01. The number of nitrogens with zero attached hydrogens (tertiary/aromatic N) is 1. The van der Waals surface area contributed by atoms with Crippen LogP contribution in [0, 0.1) is 5.92 Å². The molecule has 4 nitrogen and oxygen atoms in total. The van der Waals surface area contributed by atoms with Crippen LogP contribution in [0.3, 0.4) is 0 Å². The summed E-state index contributed by atoms with van der Waals surface area (Å²) in [4.78, 5) is 14.0. The number of morpholine rings is 1. The number of anilines is 2. The number of carbonyl (C=O) groups is 1. The van der Waals surface area contributed by atoms with Gasteiger partial charge in [-0.15, -0.1) is 0 Å². The van der Waals surface area contributed by atoms with E-state index in [1.807, 2.05) is 26.0 Å². The van der Waals surface area contributed by atoms with E-state index >= 15 is 0 Å². The molecular formula is C16H24N2O2. The van der Waals surface area contributed by atoms with Crippen molar-refractivity contribution in [2.75, 3.05) is 29.9 Å². The zero-order chi connectivity index (χ0) is 14.5. The van der Waals surface area contributed by atoms with Crippen LogP contribution < -0.4 is 10.2 Å². The van der Waals surface area contributed by atoms with Gasteiger partial charge in [-0.05, 0) is 37.1 Å². The largest absolute Gasteiger partial charge is 0.375 e. The van der Waals surface area contributed by atoms with Crippen molar-refractivity contribution in [3.8, 4) is 0 Å². The molecule has 1 unspecified atom stereocenters. The smallest absolute Gasteiger partial charge is 0.224 e. The van der Waals surface area contributed by atoms with Gasteiger partial charge in [0.1, 0.15) is 0 Å². The molecule has 110 valence electrons. The Balaban J connectivity index is 1.94. The van der Waals surface area contributed by atoms with Crippen LogP contribution in [-0.4, -0.2) is 31.7 Å². The van der Waals surface area contributed by atoms with Gasteiger partial charge >= 0.3 is 0 Å². The SMILES string of the molecule is CC(C)CC(=O)Nc1ccc(N2CCOC(C)C2)cc1. The van der Waals surface area contributed by atoms with E-state index < -0.39 is 0 Å². The lowest BCUT2D eigenvalue weighted by Crippen LogP contribution is -2.41. The highest BCUT2D eigenvalue weighted by Crippen LogP contribution is 2.20. The minimum atomic E-state index is 0.0766. The molecule has 1 aromatic carbocycles. The average molecular weight is 276 g/mol. The van der Waals surface area contributed by atoms with Gasteiger partial charge in [0.25, 0.3) is 0 Å². The summed E-state index contributed by atoms with van der Waals surface area (Å²) in [5, 5.41) is 2.93. The van der Waals surface area contributed by atoms with Gasteiger partial charge in [0.2, 0.25) is 5.91 Å². The lowest BCUT2D eigenvalue weighted by Gasteiger charge is -2.33. The summed E-state index contributed by atoms with van der Waals surface area (Å²) in [7, 11) is 0. The molecule has 1 heterocycles. The molecule has 1 aliphatic heterocycles. The quantitative estimate of drug-likeness (QED) is 0.919. The van der Waals surface area contributed by atoms with Crippen LogP contribution in [0.1, 0.15) is 27.2 Å². The van der Waals surface area contributed by atoms with E-state index in [1.165, 1.54) is 5.69 Å². The molecule has 20 heavy (non-hydrogen) atoms. The number of hydrogen-bond acceptors (Lipinski definition) is 3. The van der Waals surface area contributed by atoms with Crippen molar-refractivity contribution in [3.63, 3.8) is 0 Å². The Morgan fingerprint density at radius 2 is 2.10 bits per heavy atom. The van der Waals surface area contributed by atoms with Gasteiger partial charge in [-0.1, -0.05) is 13.8 Å². The first-order chi connectivity index (χ1) is 9.54. The van der Waals surface area contributed by atoms with E-state index in [0.29, 0.717) is 12.3 Å². The van der Waals surface area contributed by atoms with Crippen molar-refractivity contribution in [2.45, 2.75) is 33.3 Å². The van der Waals surface area contributed by atoms with Crippen molar-refractivity contribution in [1.82, 2.24) is 0 Å². The normalized spacial score (nSPS) is 19.2. The Bertz CT molecular complexity index is 442. The summed E-state index contributed by atoms with van der Waals surface area (Å²) in [6.07, 6.45) is 0.831. The van der Waals surface area contributed by atoms with Crippen LogP contribution in [-0.2, 0) is 9.53 Å².